The summed E-state index contributed by atoms with van der Waals surface area (Å²) in [5.41, 5.74) is 7.29. The van der Waals surface area contributed by atoms with Crippen molar-refractivity contribution in [2.24, 2.45) is 5.73 Å². The summed E-state index contributed by atoms with van der Waals surface area (Å²) in [7, 11) is 0. The molecule has 0 aliphatic carbocycles. The summed E-state index contributed by atoms with van der Waals surface area (Å²) in [4.78, 5) is 25.0. The zero-order valence-corrected chi connectivity index (χ0v) is 14.9. The number of nitrogens with two attached hydrogens (primary N) is 1. The molecule has 1 aliphatic heterocycles. The van der Waals surface area contributed by atoms with Gasteiger partial charge in [0.25, 0.3) is 0 Å². The van der Waals surface area contributed by atoms with E-state index in [4.69, 9.17) is 19.9 Å². The van der Waals surface area contributed by atoms with Gasteiger partial charge in [-0.3, -0.25) is 0 Å². The summed E-state index contributed by atoms with van der Waals surface area (Å²) >= 11 is 0. The van der Waals surface area contributed by atoms with Crippen LogP contribution in [0.25, 0.3) is 0 Å². The third kappa shape index (κ3) is 3.54. The van der Waals surface area contributed by atoms with E-state index in [0.29, 0.717) is 5.56 Å². The fourth-order valence-electron chi connectivity index (χ4n) is 2.75. The van der Waals surface area contributed by atoms with Crippen LogP contribution in [0.3, 0.4) is 0 Å². The lowest BCUT2D eigenvalue weighted by molar-refractivity contribution is -0.145. The van der Waals surface area contributed by atoms with Crippen LogP contribution < -0.4 is 5.73 Å². The van der Waals surface area contributed by atoms with Crippen LogP contribution in [0.5, 0.6) is 0 Å². The van der Waals surface area contributed by atoms with Gasteiger partial charge < -0.3 is 19.9 Å². The van der Waals surface area contributed by atoms with E-state index in [1.807, 2.05) is 25.1 Å². The Balaban J connectivity index is 2.75. The Labute approximate surface area is 151 Å². The maximum absolute atomic E-state index is 12.6. The third-order valence-corrected chi connectivity index (χ3v) is 3.88. The third-order valence-electron chi connectivity index (χ3n) is 3.88. The van der Waals surface area contributed by atoms with Gasteiger partial charge in [-0.15, -0.1) is 0 Å². The van der Waals surface area contributed by atoms with Gasteiger partial charge in [-0.2, -0.15) is 5.26 Å². The van der Waals surface area contributed by atoms with Gasteiger partial charge in [-0.25, -0.2) is 9.59 Å². The van der Waals surface area contributed by atoms with Crippen molar-refractivity contribution < 1.29 is 23.8 Å². The van der Waals surface area contributed by atoms with E-state index >= 15 is 0 Å². The van der Waals surface area contributed by atoms with Crippen molar-refractivity contribution in [3.8, 4) is 6.07 Å². The topological polar surface area (TPSA) is 112 Å². The van der Waals surface area contributed by atoms with Crippen LogP contribution in [0.15, 0.2) is 47.1 Å². The van der Waals surface area contributed by atoms with Crippen molar-refractivity contribution in [3.05, 3.63) is 58.2 Å². The molecule has 0 saturated heterocycles. The molecule has 0 saturated carbocycles. The molecule has 0 amide bonds. The number of allylic oxidation sites excluding steroid dienone is 1. The van der Waals surface area contributed by atoms with Gasteiger partial charge in [-0.05, 0) is 31.9 Å². The van der Waals surface area contributed by atoms with E-state index in [-0.39, 0.29) is 36.0 Å². The standard InChI is InChI=1S/C19H20N2O5/c1-4-24-18(22)15-14(12-9-7-6-8-11(12)3)13(10-20)17(21)26-16(15)19(23)25-5-2/h6-9,14H,4-5,21H2,1-3H3. The number of hydrogen-bond donors (Lipinski definition) is 1. The Morgan fingerprint density at radius 1 is 1.19 bits per heavy atom. The van der Waals surface area contributed by atoms with Gasteiger partial charge in [0.1, 0.15) is 17.2 Å². The predicted molar refractivity (Wildman–Crippen MR) is 92.1 cm³/mol. The summed E-state index contributed by atoms with van der Waals surface area (Å²) in [6, 6.07) is 9.19. The lowest BCUT2D eigenvalue weighted by atomic mass is 9.81. The lowest BCUT2D eigenvalue weighted by Gasteiger charge is -2.28. The number of aryl methyl sites for hydroxylation is 1. The Kier molecular flexibility index (Phi) is 6.02. The highest BCUT2D eigenvalue weighted by Crippen LogP contribution is 2.41. The van der Waals surface area contributed by atoms with E-state index in [9.17, 15) is 14.9 Å². The minimum absolute atomic E-state index is 0.0374. The summed E-state index contributed by atoms with van der Waals surface area (Å²) in [6.07, 6.45) is 0. The molecular formula is C19H20N2O5. The molecule has 1 atom stereocenters. The first kappa shape index (κ1) is 19.1. The molecule has 0 aromatic heterocycles. The van der Waals surface area contributed by atoms with Crippen molar-refractivity contribution in [1.29, 1.82) is 5.26 Å². The number of ether oxygens (including phenoxy) is 3. The molecule has 0 bridgehead atoms. The van der Waals surface area contributed by atoms with E-state index in [1.165, 1.54) is 0 Å². The molecule has 7 heteroatoms. The number of nitriles is 1. The van der Waals surface area contributed by atoms with E-state index in [2.05, 4.69) is 0 Å². The van der Waals surface area contributed by atoms with Crippen molar-refractivity contribution in [3.63, 3.8) is 0 Å². The van der Waals surface area contributed by atoms with Crippen molar-refractivity contribution in [1.82, 2.24) is 0 Å². The molecule has 1 heterocycles. The second-order valence-electron chi connectivity index (χ2n) is 5.47. The first-order valence-corrected chi connectivity index (χ1v) is 8.17. The summed E-state index contributed by atoms with van der Waals surface area (Å²) in [5, 5.41) is 9.58. The van der Waals surface area contributed by atoms with Crippen LogP contribution in [0, 0.1) is 18.3 Å². The van der Waals surface area contributed by atoms with Crippen LogP contribution in [-0.4, -0.2) is 25.2 Å². The van der Waals surface area contributed by atoms with E-state index in [0.717, 1.165) is 5.56 Å². The molecule has 0 spiro atoms. The molecule has 0 radical (unpaired) electrons. The second kappa shape index (κ2) is 8.21. The van der Waals surface area contributed by atoms with Crippen molar-refractivity contribution >= 4 is 11.9 Å². The van der Waals surface area contributed by atoms with Crippen molar-refractivity contribution in [2.75, 3.05) is 13.2 Å². The second-order valence-corrected chi connectivity index (χ2v) is 5.47. The van der Waals surface area contributed by atoms with Crippen LogP contribution in [0.4, 0.5) is 0 Å². The van der Waals surface area contributed by atoms with Crippen molar-refractivity contribution in [2.45, 2.75) is 26.7 Å². The van der Waals surface area contributed by atoms with Gasteiger partial charge in [0.2, 0.25) is 11.6 Å². The van der Waals surface area contributed by atoms with E-state index < -0.39 is 17.9 Å². The van der Waals surface area contributed by atoms with Crippen LogP contribution >= 0.6 is 0 Å². The number of carbonyl (C=O) groups is 2. The van der Waals surface area contributed by atoms with Gasteiger partial charge in [-0.1, -0.05) is 24.3 Å². The maximum Gasteiger partial charge on any atom is 0.374 e. The highest BCUT2D eigenvalue weighted by atomic mass is 16.6. The number of benzene rings is 1. The number of hydrogen-bond acceptors (Lipinski definition) is 7. The zero-order valence-electron chi connectivity index (χ0n) is 14.9. The molecule has 1 aliphatic rings. The highest BCUT2D eigenvalue weighted by molar-refractivity contribution is 6.01. The predicted octanol–water partition coefficient (Wildman–Crippen LogP) is 2.18. The first-order chi connectivity index (χ1) is 12.5. The lowest BCUT2D eigenvalue weighted by Crippen LogP contribution is -2.30. The van der Waals surface area contributed by atoms with Gasteiger partial charge in [0.05, 0.1) is 19.1 Å². The largest absolute Gasteiger partial charge is 0.462 e. The molecule has 2 N–H and O–H groups in total. The summed E-state index contributed by atoms with van der Waals surface area (Å²) in [5.74, 6) is -3.07. The Bertz CT molecular complexity index is 833. The first-order valence-electron chi connectivity index (χ1n) is 8.17. The number of carbonyl (C=O) groups excluding carboxylic acids is 2. The number of esters is 2. The molecule has 2 rings (SSSR count). The van der Waals surface area contributed by atoms with Crippen LogP contribution in [-0.2, 0) is 23.8 Å². The molecule has 136 valence electrons. The highest BCUT2D eigenvalue weighted by Gasteiger charge is 2.41. The molecule has 1 aromatic carbocycles. The SMILES string of the molecule is CCOC(=O)C1=C(C(=O)OCC)C(c2ccccc2C)C(C#N)=C(N)O1. The average molecular weight is 356 g/mol. The van der Waals surface area contributed by atoms with Gasteiger partial charge in [0, 0.05) is 0 Å². The number of nitrogens with zero attached hydrogens (tertiary/aromatic N) is 1. The smallest absolute Gasteiger partial charge is 0.374 e. The summed E-state index contributed by atoms with van der Waals surface area (Å²) in [6.45, 7) is 5.29. The Morgan fingerprint density at radius 3 is 2.38 bits per heavy atom. The quantitative estimate of drug-likeness (QED) is 0.805. The summed E-state index contributed by atoms with van der Waals surface area (Å²) < 4.78 is 15.4. The monoisotopic (exact) mass is 356 g/mol. The van der Waals surface area contributed by atoms with Crippen LogP contribution in [0.1, 0.15) is 30.9 Å². The fraction of sp³-hybridized carbons (Fsp3) is 0.316. The van der Waals surface area contributed by atoms with Crippen LogP contribution in [0.2, 0.25) is 0 Å². The maximum atomic E-state index is 12.6. The number of rotatable bonds is 5. The minimum Gasteiger partial charge on any atom is -0.462 e. The Morgan fingerprint density at radius 2 is 1.81 bits per heavy atom. The molecule has 7 nitrogen and oxygen atoms in total. The molecular weight excluding hydrogens is 336 g/mol. The van der Waals surface area contributed by atoms with Gasteiger partial charge >= 0.3 is 11.9 Å². The Hall–Kier alpha value is -3.27. The van der Waals surface area contributed by atoms with E-state index in [1.54, 1.807) is 26.0 Å². The minimum atomic E-state index is -0.881. The molecule has 0 fully saturated rings. The van der Waals surface area contributed by atoms with Gasteiger partial charge in [0.15, 0.2) is 0 Å². The zero-order chi connectivity index (χ0) is 19.3. The molecule has 1 aromatic rings. The molecule has 26 heavy (non-hydrogen) atoms. The normalized spacial score (nSPS) is 16.6. The fourth-order valence-corrected chi connectivity index (χ4v) is 2.75. The average Bonchev–Trinajstić information content (AvgIpc) is 2.61. The molecule has 1 unspecified atom stereocenters.